The maximum absolute atomic E-state index is 2.62. The summed E-state index contributed by atoms with van der Waals surface area (Å²) in [6.45, 7) is 0. The summed E-state index contributed by atoms with van der Waals surface area (Å²) in [5, 5.41) is 0. The van der Waals surface area contributed by atoms with Gasteiger partial charge in [0.25, 0.3) is 0 Å². The van der Waals surface area contributed by atoms with Crippen LogP contribution in [0.2, 0.25) is 0 Å². The quantitative estimate of drug-likeness (QED) is 0.163. The van der Waals surface area contributed by atoms with Crippen LogP contribution in [0.15, 0.2) is 329 Å². The van der Waals surface area contributed by atoms with E-state index in [1.54, 1.807) is 0 Å². The second-order valence-electron chi connectivity index (χ2n) is 22.9. The normalized spacial score (nSPS) is 14.9. The van der Waals surface area contributed by atoms with Crippen LogP contribution in [0.25, 0.3) is 44.5 Å². The Balaban J connectivity index is 0.926. The summed E-state index contributed by atoms with van der Waals surface area (Å²) in [4.78, 5) is 7.81. The number of fused-ring (bicyclic) bond motifs is 21. The van der Waals surface area contributed by atoms with Crippen LogP contribution in [-0.4, -0.2) is 0 Å². The second kappa shape index (κ2) is 18.2. The van der Waals surface area contributed by atoms with Crippen molar-refractivity contribution in [1.82, 2.24) is 0 Å². The highest BCUT2D eigenvalue weighted by Gasteiger charge is 2.53. The minimum absolute atomic E-state index is 0.503. The van der Waals surface area contributed by atoms with E-state index in [1.165, 1.54) is 120 Å². The van der Waals surface area contributed by atoms with E-state index >= 15 is 0 Å². The summed E-state index contributed by atoms with van der Waals surface area (Å²) < 4.78 is 0. The van der Waals surface area contributed by atoms with Crippen molar-refractivity contribution < 1.29 is 0 Å². The lowest BCUT2D eigenvalue weighted by atomic mass is 9.67. The molecule has 0 amide bonds. The Labute approximate surface area is 498 Å². The molecule has 0 N–H and O–H groups in total. The van der Waals surface area contributed by atoms with Crippen molar-refractivity contribution in [2.45, 2.75) is 35.8 Å². The zero-order valence-corrected chi connectivity index (χ0v) is 47.3. The Morgan fingerprint density at radius 1 is 0.226 bits per heavy atom. The average molecular weight is 1100 g/mol. The van der Waals surface area contributed by atoms with E-state index < -0.39 is 16.2 Å². The molecular weight excluding hydrogens is 1050 g/mol. The molecule has 18 rings (SSSR count). The number of para-hydroxylation sites is 1. The van der Waals surface area contributed by atoms with Gasteiger partial charge in [-0.3, -0.25) is 0 Å². The van der Waals surface area contributed by atoms with Gasteiger partial charge in [-0.2, -0.15) is 0 Å². The monoisotopic (exact) mass is 1100 g/mol. The molecule has 0 bridgehead atoms. The van der Waals surface area contributed by atoms with E-state index in [2.05, 4.69) is 314 Å². The molecule has 3 heteroatoms. The van der Waals surface area contributed by atoms with E-state index in [1.807, 2.05) is 23.5 Å². The number of hydrogen-bond acceptors (Lipinski definition) is 3. The van der Waals surface area contributed by atoms with E-state index in [0.717, 1.165) is 28.2 Å². The Hall–Kier alpha value is -9.64. The maximum atomic E-state index is 2.62. The van der Waals surface area contributed by atoms with Gasteiger partial charge >= 0.3 is 0 Å². The average Bonchev–Trinajstić information content (AvgIpc) is 2.47. The fourth-order valence-corrected chi connectivity index (χ4v) is 18.4. The molecule has 0 aromatic heterocycles. The van der Waals surface area contributed by atoms with Gasteiger partial charge in [-0.25, -0.2) is 0 Å². The van der Waals surface area contributed by atoms with Gasteiger partial charge in [-0.05, 0) is 155 Å². The molecule has 392 valence electrons. The highest BCUT2D eigenvalue weighted by atomic mass is 32.2. The van der Waals surface area contributed by atoms with Crippen LogP contribution in [0.5, 0.6) is 0 Å². The van der Waals surface area contributed by atoms with E-state index in [0.29, 0.717) is 0 Å². The number of nitrogens with zero attached hydrogens (tertiary/aromatic N) is 1. The van der Waals surface area contributed by atoms with Crippen LogP contribution in [0.4, 0.5) is 17.1 Å². The topological polar surface area (TPSA) is 3.24 Å². The highest BCUT2D eigenvalue weighted by molar-refractivity contribution is 7.99. The molecule has 1 nitrogen and oxygen atoms in total. The van der Waals surface area contributed by atoms with Crippen molar-refractivity contribution in [3.8, 4) is 44.5 Å². The van der Waals surface area contributed by atoms with Crippen molar-refractivity contribution in [3.05, 3.63) is 376 Å². The van der Waals surface area contributed by atoms with E-state index in [4.69, 9.17) is 0 Å². The summed E-state index contributed by atoms with van der Waals surface area (Å²) in [6.07, 6.45) is 0. The SMILES string of the molecule is c1ccc(C2(c3ccccc3)c3ccccc3-c3ccc(-c4ccccc4N(c4ccc5c(c4)-c4ccccc4C54c5ccccc5Sc5ccccc54)c4cccc5c4-c4ccccc4C54c5ccccc5Sc5ccccc54)cc32)cc1. The van der Waals surface area contributed by atoms with Gasteiger partial charge in [-0.1, -0.05) is 278 Å². The van der Waals surface area contributed by atoms with Gasteiger partial charge in [0.1, 0.15) is 0 Å². The molecule has 84 heavy (non-hydrogen) atoms. The molecule has 2 aliphatic heterocycles. The number of anilines is 3. The third-order valence-electron chi connectivity index (χ3n) is 19.1. The fourth-order valence-electron chi connectivity index (χ4n) is 16.0. The van der Waals surface area contributed by atoms with Crippen molar-refractivity contribution in [2.24, 2.45) is 0 Å². The first-order valence-electron chi connectivity index (χ1n) is 29.1. The summed E-state index contributed by atoms with van der Waals surface area (Å²) in [7, 11) is 0. The largest absolute Gasteiger partial charge is 0.309 e. The lowest BCUT2D eigenvalue weighted by Gasteiger charge is -2.40. The smallest absolute Gasteiger partial charge is 0.0736 e. The van der Waals surface area contributed by atoms with Gasteiger partial charge < -0.3 is 4.90 Å². The molecule has 3 aliphatic carbocycles. The third kappa shape index (κ3) is 6.27. The number of benzene rings is 13. The lowest BCUT2D eigenvalue weighted by molar-refractivity contribution is 0.722. The maximum Gasteiger partial charge on any atom is 0.0736 e. The van der Waals surface area contributed by atoms with Crippen LogP contribution in [0, 0.1) is 0 Å². The zero-order chi connectivity index (χ0) is 55.1. The standard InChI is InChI=1S/C81H51NS2/c1-3-24-53(25-4-1)79(54-26-5-2-6-27-54)62-32-11-7-29-57(62)59-48-46-52(50-71(59)79)56-28-10-18-40-72(56)82(55-47-49-65-61(51-55)58-30-8-12-33-63(58)80(65)66-35-14-19-42-74(66)83-75-43-20-15-36-67(75)80)73-41-23-39-70-78(73)60-31-9-13-34-64(60)81(70)68-37-16-21-44-76(68)84-77-45-22-17-38-69(77)81/h1-51H. The van der Waals surface area contributed by atoms with Crippen LogP contribution in [-0.2, 0) is 16.2 Å². The van der Waals surface area contributed by atoms with Gasteiger partial charge in [-0.15, -0.1) is 0 Å². The van der Waals surface area contributed by atoms with Gasteiger partial charge in [0.05, 0.1) is 27.6 Å². The first-order valence-corrected chi connectivity index (χ1v) is 30.8. The Morgan fingerprint density at radius 2 is 0.619 bits per heavy atom. The molecule has 0 atom stereocenters. The van der Waals surface area contributed by atoms with Crippen LogP contribution >= 0.6 is 23.5 Å². The highest BCUT2D eigenvalue weighted by Crippen LogP contribution is 2.67. The van der Waals surface area contributed by atoms with E-state index in [-0.39, 0.29) is 0 Å². The molecule has 13 aromatic rings. The van der Waals surface area contributed by atoms with Crippen LogP contribution in [0.3, 0.4) is 0 Å². The van der Waals surface area contributed by atoms with Crippen LogP contribution < -0.4 is 4.90 Å². The molecule has 0 radical (unpaired) electrons. The zero-order valence-electron chi connectivity index (χ0n) is 45.7. The molecule has 5 aliphatic rings. The predicted molar refractivity (Wildman–Crippen MR) is 347 cm³/mol. The minimum Gasteiger partial charge on any atom is -0.309 e. The molecule has 0 fully saturated rings. The molecule has 13 aromatic carbocycles. The van der Waals surface area contributed by atoms with Crippen molar-refractivity contribution in [3.63, 3.8) is 0 Å². The van der Waals surface area contributed by atoms with Gasteiger partial charge in [0, 0.05) is 36.4 Å². The Bertz CT molecular complexity index is 4750. The Morgan fingerprint density at radius 3 is 1.19 bits per heavy atom. The van der Waals surface area contributed by atoms with Crippen molar-refractivity contribution in [1.29, 1.82) is 0 Å². The predicted octanol–water partition coefficient (Wildman–Crippen LogP) is 20.8. The molecule has 0 unspecified atom stereocenters. The second-order valence-corrected chi connectivity index (χ2v) is 25.0. The van der Waals surface area contributed by atoms with Crippen molar-refractivity contribution >= 4 is 40.6 Å². The first-order chi connectivity index (χ1) is 41.7. The lowest BCUT2D eigenvalue weighted by Crippen LogP contribution is -2.32. The molecular formula is C81H51NS2. The summed E-state index contributed by atoms with van der Waals surface area (Å²) in [6, 6.07) is 118. The fraction of sp³-hybridized carbons (Fsp3) is 0.0370. The van der Waals surface area contributed by atoms with Gasteiger partial charge in [0.2, 0.25) is 0 Å². The molecule has 0 saturated heterocycles. The molecule has 2 heterocycles. The number of rotatable bonds is 6. The summed E-state index contributed by atoms with van der Waals surface area (Å²) in [5.41, 5.74) is 27.3. The van der Waals surface area contributed by atoms with Crippen molar-refractivity contribution in [2.75, 3.05) is 4.90 Å². The van der Waals surface area contributed by atoms with Crippen LogP contribution in [0.1, 0.15) is 66.8 Å². The minimum atomic E-state index is -0.555. The number of hydrogen-bond donors (Lipinski definition) is 0. The molecule has 0 saturated carbocycles. The van der Waals surface area contributed by atoms with Gasteiger partial charge in [0.15, 0.2) is 0 Å². The first kappa shape index (κ1) is 47.9. The Kier molecular flexibility index (Phi) is 10.4. The van der Waals surface area contributed by atoms with E-state index in [9.17, 15) is 0 Å². The molecule has 2 spiro atoms. The summed E-state index contributed by atoms with van der Waals surface area (Å²) in [5.74, 6) is 0. The summed E-state index contributed by atoms with van der Waals surface area (Å²) >= 11 is 3.79. The third-order valence-corrected chi connectivity index (χ3v) is 21.4.